The zero-order valence-electron chi connectivity index (χ0n) is 19.6. The highest BCUT2D eigenvalue weighted by Gasteiger charge is 2.35. The summed E-state index contributed by atoms with van der Waals surface area (Å²) in [5, 5.41) is 3.62. The van der Waals surface area contributed by atoms with Crippen molar-refractivity contribution in [2.75, 3.05) is 10.0 Å². The molecule has 4 rings (SSSR count). The Hall–Kier alpha value is -3.87. The fourth-order valence-corrected chi connectivity index (χ4v) is 5.65. The van der Waals surface area contributed by atoms with E-state index in [1.807, 2.05) is 0 Å². The molecule has 13 heteroatoms. The molecule has 39 heavy (non-hydrogen) atoms. The topological polar surface area (TPSA) is 102 Å². The molecule has 0 radical (unpaired) electrons. The highest BCUT2D eigenvalue weighted by Crippen LogP contribution is 2.37. The minimum atomic E-state index is -4.81. The van der Waals surface area contributed by atoms with E-state index in [-0.39, 0.29) is 26.0 Å². The van der Waals surface area contributed by atoms with Crippen LogP contribution in [-0.2, 0) is 25.7 Å². The van der Waals surface area contributed by atoms with E-state index in [2.05, 4.69) is 10.0 Å². The molecule has 1 aromatic heterocycles. The van der Waals surface area contributed by atoms with E-state index < -0.39 is 45.4 Å². The summed E-state index contributed by atoms with van der Waals surface area (Å²) >= 11 is 6.74. The highest BCUT2D eigenvalue weighted by atomic mass is 35.5. The number of rotatable bonds is 8. The molecule has 7 nitrogen and oxygen atoms in total. The van der Waals surface area contributed by atoms with Crippen LogP contribution in [0.1, 0.15) is 27.6 Å². The molecule has 4 aromatic rings. The van der Waals surface area contributed by atoms with Crippen LogP contribution in [0.5, 0.6) is 0 Å². The molecule has 2 N–H and O–H groups in total. The number of hydrogen-bond acceptors (Lipinski definition) is 6. The molecular formula is C26H18ClF3N2O5S2. The van der Waals surface area contributed by atoms with E-state index in [0.717, 1.165) is 17.4 Å². The first-order valence-corrected chi connectivity index (χ1v) is 13.8. The summed E-state index contributed by atoms with van der Waals surface area (Å²) in [4.78, 5) is 26.0. The molecule has 1 atom stereocenters. The number of amides is 1. The fraction of sp³-hybridized carbons (Fsp3) is 0.0769. The minimum absolute atomic E-state index is 0.0229. The van der Waals surface area contributed by atoms with Gasteiger partial charge in [0.15, 0.2) is 0 Å². The van der Waals surface area contributed by atoms with Crippen LogP contribution in [0.4, 0.5) is 24.5 Å². The fourth-order valence-electron chi connectivity index (χ4n) is 3.43. The number of hydrogen-bond donors (Lipinski definition) is 2. The van der Waals surface area contributed by atoms with E-state index in [0.29, 0.717) is 6.07 Å². The smallest absolute Gasteiger partial charge is 0.418 e. The van der Waals surface area contributed by atoms with E-state index in [4.69, 9.17) is 16.3 Å². The number of sulfonamides is 1. The molecule has 202 valence electrons. The Kier molecular flexibility index (Phi) is 8.28. The summed E-state index contributed by atoms with van der Waals surface area (Å²) < 4.78 is 73.2. The molecule has 1 heterocycles. The predicted octanol–water partition coefficient (Wildman–Crippen LogP) is 6.76. The van der Waals surface area contributed by atoms with E-state index in [1.165, 1.54) is 48.5 Å². The number of carbonyl (C=O) groups is 2. The lowest BCUT2D eigenvalue weighted by atomic mass is 10.1. The maximum atomic E-state index is 13.5. The van der Waals surface area contributed by atoms with Gasteiger partial charge >= 0.3 is 12.1 Å². The largest absolute Gasteiger partial charge is 0.444 e. The molecule has 0 aliphatic heterocycles. The van der Waals surface area contributed by atoms with Crippen molar-refractivity contribution in [1.29, 1.82) is 0 Å². The van der Waals surface area contributed by atoms with Crippen LogP contribution in [-0.4, -0.2) is 20.3 Å². The molecule has 0 aliphatic carbocycles. The number of anilines is 2. The summed E-state index contributed by atoms with van der Waals surface area (Å²) in [5.41, 5.74) is -1.35. The minimum Gasteiger partial charge on any atom is -0.444 e. The van der Waals surface area contributed by atoms with Crippen LogP contribution in [0.15, 0.2) is 94.5 Å². The number of thiophene rings is 1. The molecule has 3 aromatic carbocycles. The molecular weight excluding hydrogens is 577 g/mol. The zero-order valence-corrected chi connectivity index (χ0v) is 22.0. The molecule has 0 spiro atoms. The Labute approximate surface area is 230 Å². The number of carbonyl (C=O) groups excluding carboxylic acids is 2. The molecule has 0 bridgehead atoms. The lowest BCUT2D eigenvalue weighted by Crippen LogP contribution is -2.27. The lowest BCUT2D eigenvalue weighted by Gasteiger charge is -2.20. The summed E-state index contributed by atoms with van der Waals surface area (Å²) in [6.07, 6.45) is -6.41. The summed E-state index contributed by atoms with van der Waals surface area (Å²) in [5.74, 6) is -1.98. The molecule has 1 amide bonds. The molecule has 1 unspecified atom stereocenters. The maximum absolute atomic E-state index is 13.5. The second-order valence-corrected chi connectivity index (χ2v) is 11.3. The van der Waals surface area contributed by atoms with Gasteiger partial charge in [-0.05, 0) is 53.9 Å². The maximum Gasteiger partial charge on any atom is 0.418 e. The number of benzene rings is 3. The normalized spacial score (nSPS) is 12.4. The number of ether oxygens (including phenoxy) is 1. The van der Waals surface area contributed by atoms with E-state index in [1.54, 1.807) is 29.6 Å². The van der Waals surface area contributed by atoms with Crippen molar-refractivity contribution in [3.8, 4) is 0 Å². The Morgan fingerprint density at radius 3 is 2.23 bits per heavy atom. The van der Waals surface area contributed by atoms with Gasteiger partial charge in [-0.2, -0.15) is 13.2 Å². The van der Waals surface area contributed by atoms with Crippen LogP contribution in [0.25, 0.3) is 0 Å². The van der Waals surface area contributed by atoms with Gasteiger partial charge in [0.25, 0.3) is 15.9 Å². The number of alkyl halides is 3. The zero-order chi connectivity index (χ0) is 28.2. The SMILES string of the molecule is O=C(OC(C(=O)Nc1ccc(Cl)cc1C(F)(F)F)c1ccccc1)c1ccc(NS(=O)(=O)c2cccs2)cc1. The number of nitrogens with one attached hydrogen (secondary N) is 2. The highest BCUT2D eigenvalue weighted by molar-refractivity contribution is 7.94. The Bertz CT molecular complexity index is 1580. The summed E-state index contributed by atoms with van der Waals surface area (Å²) in [6.45, 7) is 0. The molecule has 0 fully saturated rings. The Morgan fingerprint density at radius 1 is 0.923 bits per heavy atom. The van der Waals surface area contributed by atoms with Gasteiger partial charge in [0.05, 0.1) is 16.8 Å². The van der Waals surface area contributed by atoms with Crippen LogP contribution in [0.2, 0.25) is 5.02 Å². The summed E-state index contributed by atoms with van der Waals surface area (Å²) in [6, 6.07) is 18.9. The van der Waals surface area contributed by atoms with Gasteiger partial charge in [-0.15, -0.1) is 11.3 Å². The monoisotopic (exact) mass is 594 g/mol. The van der Waals surface area contributed by atoms with Crippen LogP contribution in [0.3, 0.4) is 0 Å². The van der Waals surface area contributed by atoms with Gasteiger partial charge in [0, 0.05) is 16.3 Å². The third-order valence-electron chi connectivity index (χ3n) is 5.24. The van der Waals surface area contributed by atoms with Crippen molar-refractivity contribution < 1.29 is 35.9 Å². The quantitative estimate of drug-likeness (QED) is 0.220. The first kappa shape index (κ1) is 28.1. The van der Waals surface area contributed by atoms with Gasteiger partial charge in [-0.3, -0.25) is 9.52 Å². The standard InChI is InChI=1S/C26H18ClF3N2O5S2/c27-18-10-13-21(20(15-18)26(28,29)30)31-24(33)23(16-5-2-1-3-6-16)37-25(34)17-8-11-19(12-9-17)32-39(35,36)22-7-4-14-38-22/h1-15,23,32H,(H,31,33). The predicted molar refractivity (Wildman–Crippen MR) is 141 cm³/mol. The molecule has 0 saturated carbocycles. The molecule has 0 aliphatic rings. The second-order valence-electron chi connectivity index (χ2n) is 7.99. The lowest BCUT2D eigenvalue weighted by molar-refractivity contribution is -0.137. The number of halogens is 4. The first-order chi connectivity index (χ1) is 18.4. The average molecular weight is 595 g/mol. The number of esters is 1. The van der Waals surface area contributed by atoms with Gasteiger partial charge < -0.3 is 10.1 Å². The first-order valence-electron chi connectivity index (χ1n) is 11.0. The summed E-state index contributed by atoms with van der Waals surface area (Å²) in [7, 11) is -3.80. The third kappa shape index (κ3) is 6.96. The van der Waals surface area contributed by atoms with Crippen molar-refractivity contribution in [1.82, 2.24) is 0 Å². The van der Waals surface area contributed by atoms with Crippen LogP contribution >= 0.6 is 22.9 Å². The third-order valence-corrected chi connectivity index (χ3v) is 8.26. The van der Waals surface area contributed by atoms with E-state index >= 15 is 0 Å². The second kappa shape index (κ2) is 11.5. The molecule has 0 saturated heterocycles. The van der Waals surface area contributed by atoms with Gasteiger partial charge in [0.2, 0.25) is 6.10 Å². The van der Waals surface area contributed by atoms with Crippen LogP contribution < -0.4 is 10.0 Å². The van der Waals surface area contributed by atoms with E-state index in [9.17, 15) is 31.2 Å². The average Bonchev–Trinajstić information content (AvgIpc) is 3.45. The van der Waals surface area contributed by atoms with Gasteiger partial charge in [-0.1, -0.05) is 48.0 Å². The van der Waals surface area contributed by atoms with Crippen molar-refractivity contribution in [3.05, 3.63) is 112 Å². The van der Waals surface area contributed by atoms with Crippen LogP contribution in [0, 0.1) is 0 Å². The van der Waals surface area contributed by atoms with Crippen molar-refractivity contribution in [3.63, 3.8) is 0 Å². The Balaban J connectivity index is 1.55. The van der Waals surface area contributed by atoms with Crippen molar-refractivity contribution >= 4 is 56.2 Å². The van der Waals surface area contributed by atoms with Gasteiger partial charge in [-0.25, -0.2) is 13.2 Å². The van der Waals surface area contributed by atoms with Crippen molar-refractivity contribution in [2.24, 2.45) is 0 Å². The van der Waals surface area contributed by atoms with Crippen molar-refractivity contribution in [2.45, 2.75) is 16.5 Å². The van der Waals surface area contributed by atoms with Gasteiger partial charge in [0.1, 0.15) is 4.21 Å². The Morgan fingerprint density at radius 2 is 1.62 bits per heavy atom.